The van der Waals surface area contributed by atoms with E-state index in [0.29, 0.717) is 26.2 Å². The molecule has 2 aliphatic heterocycles. The maximum atomic E-state index is 13.3. The number of carbonyl (C=O) groups is 3. The summed E-state index contributed by atoms with van der Waals surface area (Å²) in [4.78, 5) is 38.7. The highest BCUT2D eigenvalue weighted by Crippen LogP contribution is 2.33. The van der Waals surface area contributed by atoms with Crippen LogP contribution in [0, 0.1) is 17.7 Å². The Bertz CT molecular complexity index is 800. The number of carboxylic acids is 1. The summed E-state index contributed by atoms with van der Waals surface area (Å²) in [7, 11) is 3.48. The molecule has 2 fully saturated rings. The summed E-state index contributed by atoms with van der Waals surface area (Å²) in [5.74, 6) is -2.60. The van der Waals surface area contributed by atoms with Crippen molar-refractivity contribution in [3.8, 4) is 0 Å². The number of aliphatic carboxylic acids is 1. The van der Waals surface area contributed by atoms with Gasteiger partial charge in [0.15, 0.2) is 0 Å². The van der Waals surface area contributed by atoms with Crippen molar-refractivity contribution >= 4 is 17.8 Å². The van der Waals surface area contributed by atoms with Crippen LogP contribution in [-0.4, -0.2) is 84.0 Å². The van der Waals surface area contributed by atoms with E-state index in [0.717, 1.165) is 12.1 Å². The van der Waals surface area contributed by atoms with Crippen LogP contribution in [0.2, 0.25) is 0 Å². The Morgan fingerprint density at radius 3 is 2.33 bits per heavy atom. The van der Waals surface area contributed by atoms with Crippen molar-refractivity contribution in [3.05, 3.63) is 35.6 Å². The van der Waals surface area contributed by atoms with Crippen molar-refractivity contribution in [2.75, 3.05) is 40.3 Å². The normalized spacial score (nSPS) is 21.1. The summed E-state index contributed by atoms with van der Waals surface area (Å²) in [6.45, 7) is 2.93. The Morgan fingerprint density at radius 1 is 1.20 bits per heavy atom. The number of hydrogen-bond donors (Lipinski definition) is 1. The van der Waals surface area contributed by atoms with Gasteiger partial charge in [-0.25, -0.2) is 9.18 Å². The Balaban J connectivity index is 0.000000396. The Morgan fingerprint density at radius 2 is 1.83 bits per heavy atom. The van der Waals surface area contributed by atoms with Crippen LogP contribution in [0.15, 0.2) is 24.3 Å². The minimum Gasteiger partial charge on any atom is -0.475 e. The third-order valence-corrected chi connectivity index (χ3v) is 4.96. The van der Waals surface area contributed by atoms with Crippen molar-refractivity contribution in [3.63, 3.8) is 0 Å². The highest BCUT2D eigenvalue weighted by Gasteiger charge is 2.46. The molecule has 0 spiro atoms. The summed E-state index contributed by atoms with van der Waals surface area (Å²) < 4.78 is 45.0. The van der Waals surface area contributed by atoms with E-state index in [1.165, 1.54) is 12.1 Å². The fourth-order valence-corrected chi connectivity index (χ4v) is 3.49. The number of carboxylic acid groups (broad SMARTS) is 1. The third-order valence-electron chi connectivity index (χ3n) is 4.96. The second kappa shape index (κ2) is 9.41. The first kappa shape index (κ1) is 23.6. The number of carbonyl (C=O) groups excluding carboxylic acids is 2. The van der Waals surface area contributed by atoms with Gasteiger partial charge in [-0.3, -0.25) is 14.5 Å². The fraction of sp³-hybridized carbons (Fsp3) is 0.526. The molecule has 0 bridgehead atoms. The number of halogens is 4. The summed E-state index contributed by atoms with van der Waals surface area (Å²) in [6, 6.07) is 6.39. The van der Waals surface area contributed by atoms with Crippen molar-refractivity contribution in [2.24, 2.45) is 11.8 Å². The first-order valence-electron chi connectivity index (χ1n) is 9.14. The van der Waals surface area contributed by atoms with E-state index < -0.39 is 12.1 Å². The molecule has 1 N–H and O–H groups in total. The van der Waals surface area contributed by atoms with Gasteiger partial charge in [-0.2, -0.15) is 13.2 Å². The number of rotatable bonds is 4. The van der Waals surface area contributed by atoms with Crippen molar-refractivity contribution in [1.29, 1.82) is 0 Å². The highest BCUT2D eigenvalue weighted by atomic mass is 19.4. The molecule has 166 valence electrons. The minimum absolute atomic E-state index is 0.0291. The maximum absolute atomic E-state index is 13.3. The zero-order valence-electron chi connectivity index (χ0n) is 16.5. The number of hydrogen-bond acceptors (Lipinski definition) is 4. The van der Waals surface area contributed by atoms with Gasteiger partial charge in [-0.15, -0.1) is 0 Å². The van der Waals surface area contributed by atoms with Gasteiger partial charge in [0.05, 0.1) is 12.5 Å². The van der Waals surface area contributed by atoms with Crippen LogP contribution < -0.4 is 0 Å². The topological polar surface area (TPSA) is 81.2 Å². The molecule has 7 nitrogen and oxygen atoms in total. The van der Waals surface area contributed by atoms with Crippen molar-refractivity contribution in [1.82, 2.24) is 14.7 Å². The van der Waals surface area contributed by atoms with E-state index >= 15 is 0 Å². The number of alkyl halides is 3. The van der Waals surface area contributed by atoms with Gasteiger partial charge in [0.25, 0.3) is 0 Å². The molecule has 2 heterocycles. The SMILES string of the molecule is CN(C)C(=O)CN1C[C@H]2CN(Cc3cccc(F)c3)C(=O)[C@H]2C1.O=C(O)C(F)(F)F. The van der Waals surface area contributed by atoms with E-state index in [4.69, 9.17) is 9.90 Å². The molecule has 0 saturated carbocycles. The van der Waals surface area contributed by atoms with Crippen LogP contribution in [0.4, 0.5) is 17.6 Å². The second-order valence-electron chi connectivity index (χ2n) is 7.50. The molecule has 2 aliphatic rings. The smallest absolute Gasteiger partial charge is 0.475 e. The molecular formula is C19H23F4N3O4. The first-order chi connectivity index (χ1) is 13.9. The van der Waals surface area contributed by atoms with E-state index in [1.807, 2.05) is 11.0 Å². The lowest BCUT2D eigenvalue weighted by Gasteiger charge is -2.22. The highest BCUT2D eigenvalue weighted by molar-refractivity contribution is 5.82. The summed E-state index contributed by atoms with van der Waals surface area (Å²) in [5, 5.41) is 7.12. The molecule has 30 heavy (non-hydrogen) atoms. The number of likely N-dealkylation sites (N-methyl/N-ethyl adjacent to an activating group) is 1. The molecule has 0 aliphatic carbocycles. The van der Waals surface area contributed by atoms with E-state index in [-0.39, 0.29) is 29.5 Å². The zero-order chi connectivity index (χ0) is 22.6. The zero-order valence-corrected chi connectivity index (χ0v) is 16.5. The Kier molecular flexibility index (Phi) is 7.40. The van der Waals surface area contributed by atoms with E-state index in [2.05, 4.69) is 4.90 Å². The molecule has 0 radical (unpaired) electrons. The number of amides is 2. The second-order valence-corrected chi connectivity index (χ2v) is 7.50. The molecule has 2 saturated heterocycles. The van der Waals surface area contributed by atoms with Gasteiger partial charge < -0.3 is 14.9 Å². The van der Waals surface area contributed by atoms with Gasteiger partial charge in [0.1, 0.15) is 5.82 Å². The average molecular weight is 433 g/mol. The predicted molar refractivity (Wildman–Crippen MR) is 97.6 cm³/mol. The lowest BCUT2D eigenvalue weighted by Crippen LogP contribution is -2.38. The van der Waals surface area contributed by atoms with Gasteiger partial charge >= 0.3 is 12.1 Å². The Labute approximate surface area is 170 Å². The molecule has 2 atom stereocenters. The molecule has 11 heteroatoms. The number of likely N-dealkylation sites (tertiary alicyclic amines) is 2. The van der Waals surface area contributed by atoms with Crippen LogP contribution in [0.5, 0.6) is 0 Å². The van der Waals surface area contributed by atoms with E-state index in [1.54, 1.807) is 25.1 Å². The maximum Gasteiger partial charge on any atom is 0.490 e. The van der Waals surface area contributed by atoms with Crippen LogP contribution in [0.3, 0.4) is 0 Å². The average Bonchev–Trinajstić information content (AvgIpc) is 3.14. The standard InChI is InChI=1S/C17H22FN3O2.C2HF3O2/c1-19(2)16(22)11-20-8-13-9-21(17(23)15(13)10-20)7-12-4-3-5-14(18)6-12;3-2(4,5)1(6)7/h3-6,13,15H,7-11H2,1-2H3;(H,6,7)/t13-,15-;/m0./s1. The van der Waals surface area contributed by atoms with Crippen molar-refractivity contribution < 1.29 is 37.1 Å². The Hall–Kier alpha value is -2.69. The number of nitrogens with zero attached hydrogens (tertiary/aromatic N) is 3. The largest absolute Gasteiger partial charge is 0.490 e. The lowest BCUT2D eigenvalue weighted by atomic mass is 10.0. The van der Waals surface area contributed by atoms with E-state index in [9.17, 15) is 27.2 Å². The minimum atomic E-state index is -5.08. The molecule has 1 aromatic rings. The quantitative estimate of drug-likeness (QED) is 0.727. The molecule has 1 aromatic carbocycles. The summed E-state index contributed by atoms with van der Waals surface area (Å²) in [6.07, 6.45) is -5.08. The van der Waals surface area contributed by atoms with Gasteiger partial charge in [0, 0.05) is 46.2 Å². The van der Waals surface area contributed by atoms with Crippen LogP contribution in [0.1, 0.15) is 5.56 Å². The monoisotopic (exact) mass is 433 g/mol. The van der Waals surface area contributed by atoms with Crippen molar-refractivity contribution in [2.45, 2.75) is 12.7 Å². The van der Waals surface area contributed by atoms with Crippen LogP contribution in [-0.2, 0) is 20.9 Å². The number of fused-ring (bicyclic) bond motifs is 1. The van der Waals surface area contributed by atoms with Gasteiger partial charge in [-0.05, 0) is 17.7 Å². The van der Waals surface area contributed by atoms with Crippen LogP contribution in [0.25, 0.3) is 0 Å². The van der Waals surface area contributed by atoms with Gasteiger partial charge in [0.2, 0.25) is 11.8 Å². The van der Waals surface area contributed by atoms with Gasteiger partial charge in [-0.1, -0.05) is 12.1 Å². The lowest BCUT2D eigenvalue weighted by molar-refractivity contribution is -0.192. The molecule has 3 rings (SSSR count). The fourth-order valence-electron chi connectivity index (χ4n) is 3.49. The molecule has 2 amide bonds. The van der Waals surface area contributed by atoms with Crippen LogP contribution >= 0.6 is 0 Å². The third kappa shape index (κ3) is 6.15. The molecule has 0 unspecified atom stereocenters. The predicted octanol–water partition coefficient (Wildman–Crippen LogP) is 1.44. The molecular weight excluding hydrogens is 410 g/mol. The first-order valence-corrected chi connectivity index (χ1v) is 9.14. The summed E-state index contributed by atoms with van der Waals surface area (Å²) >= 11 is 0. The molecule has 0 aromatic heterocycles. The number of benzene rings is 1. The summed E-state index contributed by atoms with van der Waals surface area (Å²) in [5.41, 5.74) is 0.818.